The lowest BCUT2D eigenvalue weighted by Crippen LogP contribution is -2.07. The fraction of sp³-hybridized carbons (Fsp3) is 0.353. The SMILES string of the molecule is COC(=O)CC1CCc2c(CO)cc3ccccc3c21. The Morgan fingerprint density at radius 2 is 2.20 bits per heavy atom. The molecular formula is C17H18O3. The molecule has 104 valence electrons. The van der Waals surface area contributed by atoms with Crippen molar-refractivity contribution in [3.05, 3.63) is 47.0 Å². The minimum absolute atomic E-state index is 0.0537. The normalized spacial score (nSPS) is 17.2. The van der Waals surface area contributed by atoms with Crippen LogP contribution in [0.5, 0.6) is 0 Å². The van der Waals surface area contributed by atoms with Gasteiger partial charge in [0.1, 0.15) is 0 Å². The summed E-state index contributed by atoms with van der Waals surface area (Å²) in [6.07, 6.45) is 2.30. The van der Waals surface area contributed by atoms with Gasteiger partial charge in [-0.3, -0.25) is 4.79 Å². The van der Waals surface area contributed by atoms with E-state index in [-0.39, 0.29) is 18.5 Å². The summed E-state index contributed by atoms with van der Waals surface area (Å²) in [5.41, 5.74) is 3.45. The summed E-state index contributed by atoms with van der Waals surface area (Å²) < 4.78 is 4.81. The number of carbonyl (C=O) groups is 1. The number of ether oxygens (including phenoxy) is 1. The molecule has 0 aliphatic heterocycles. The van der Waals surface area contributed by atoms with Gasteiger partial charge in [-0.2, -0.15) is 0 Å². The number of rotatable bonds is 3. The maximum atomic E-state index is 11.6. The van der Waals surface area contributed by atoms with Crippen molar-refractivity contribution in [2.45, 2.75) is 31.8 Å². The molecule has 0 radical (unpaired) electrons. The van der Waals surface area contributed by atoms with E-state index in [0.717, 1.165) is 23.8 Å². The molecule has 1 aliphatic carbocycles. The molecule has 2 aromatic rings. The molecule has 0 heterocycles. The van der Waals surface area contributed by atoms with Gasteiger partial charge >= 0.3 is 5.97 Å². The number of fused-ring (bicyclic) bond motifs is 3. The number of aliphatic hydroxyl groups is 1. The van der Waals surface area contributed by atoms with Crippen LogP contribution in [-0.4, -0.2) is 18.2 Å². The standard InChI is InChI=1S/C17H18O3/c1-20-16(19)9-12-6-7-15-13(10-18)8-11-4-2-3-5-14(11)17(12)15/h2-5,8,12,18H,6-7,9-10H2,1H3. The van der Waals surface area contributed by atoms with Gasteiger partial charge in [-0.1, -0.05) is 24.3 Å². The van der Waals surface area contributed by atoms with E-state index in [1.165, 1.54) is 23.6 Å². The zero-order valence-corrected chi connectivity index (χ0v) is 11.6. The largest absolute Gasteiger partial charge is 0.469 e. The number of methoxy groups -OCH3 is 1. The van der Waals surface area contributed by atoms with Gasteiger partial charge in [0.15, 0.2) is 0 Å². The Hall–Kier alpha value is -1.87. The van der Waals surface area contributed by atoms with Crippen LogP contribution in [0.4, 0.5) is 0 Å². The molecule has 3 heteroatoms. The smallest absolute Gasteiger partial charge is 0.306 e. The maximum absolute atomic E-state index is 11.6. The van der Waals surface area contributed by atoms with Gasteiger partial charge in [0.05, 0.1) is 20.1 Å². The van der Waals surface area contributed by atoms with Gasteiger partial charge in [-0.15, -0.1) is 0 Å². The molecule has 1 N–H and O–H groups in total. The molecule has 20 heavy (non-hydrogen) atoms. The van der Waals surface area contributed by atoms with Crippen LogP contribution >= 0.6 is 0 Å². The Kier molecular flexibility index (Phi) is 3.45. The summed E-state index contributed by atoms with van der Waals surface area (Å²) in [6, 6.07) is 10.2. The second-order valence-corrected chi connectivity index (χ2v) is 5.32. The lowest BCUT2D eigenvalue weighted by Gasteiger charge is -2.15. The molecule has 3 rings (SSSR count). The van der Waals surface area contributed by atoms with Gasteiger partial charge in [-0.05, 0) is 52.3 Å². The second kappa shape index (κ2) is 5.25. The lowest BCUT2D eigenvalue weighted by atomic mass is 9.90. The van der Waals surface area contributed by atoms with Crippen LogP contribution in [0, 0.1) is 0 Å². The van der Waals surface area contributed by atoms with Gasteiger partial charge < -0.3 is 9.84 Å². The van der Waals surface area contributed by atoms with Crippen molar-refractivity contribution in [1.82, 2.24) is 0 Å². The first-order valence-corrected chi connectivity index (χ1v) is 6.95. The Morgan fingerprint density at radius 1 is 1.40 bits per heavy atom. The van der Waals surface area contributed by atoms with Crippen LogP contribution in [0.15, 0.2) is 30.3 Å². The third-order valence-electron chi connectivity index (χ3n) is 4.26. The third kappa shape index (κ3) is 2.08. The number of hydrogen-bond donors (Lipinski definition) is 1. The van der Waals surface area contributed by atoms with Gasteiger partial charge in [-0.25, -0.2) is 0 Å². The van der Waals surface area contributed by atoms with Crippen molar-refractivity contribution in [3.63, 3.8) is 0 Å². The summed E-state index contributed by atoms with van der Waals surface area (Å²) in [4.78, 5) is 11.6. The first-order chi connectivity index (χ1) is 9.74. The van der Waals surface area contributed by atoms with Crippen LogP contribution in [0.1, 0.15) is 35.4 Å². The molecule has 0 saturated heterocycles. The van der Waals surface area contributed by atoms with E-state index < -0.39 is 0 Å². The molecule has 3 nitrogen and oxygen atoms in total. The summed E-state index contributed by atoms with van der Waals surface area (Å²) in [5.74, 6) is 0.0372. The molecule has 0 bridgehead atoms. The van der Waals surface area contributed by atoms with Crippen LogP contribution < -0.4 is 0 Å². The molecule has 2 aromatic carbocycles. The van der Waals surface area contributed by atoms with Crippen molar-refractivity contribution in [2.24, 2.45) is 0 Å². The lowest BCUT2D eigenvalue weighted by molar-refractivity contribution is -0.141. The number of esters is 1. The summed E-state index contributed by atoms with van der Waals surface area (Å²) in [6.45, 7) is 0.0537. The van der Waals surface area contributed by atoms with E-state index >= 15 is 0 Å². The number of aliphatic hydroxyl groups excluding tert-OH is 1. The van der Waals surface area contributed by atoms with Crippen LogP contribution in [0.3, 0.4) is 0 Å². The Labute approximate surface area is 118 Å². The highest BCUT2D eigenvalue weighted by Crippen LogP contribution is 2.42. The maximum Gasteiger partial charge on any atom is 0.306 e. The van der Waals surface area contributed by atoms with E-state index in [4.69, 9.17) is 4.74 Å². The second-order valence-electron chi connectivity index (χ2n) is 5.32. The number of benzene rings is 2. The molecule has 1 aliphatic rings. The summed E-state index contributed by atoms with van der Waals surface area (Å²) in [5, 5.41) is 11.9. The summed E-state index contributed by atoms with van der Waals surface area (Å²) >= 11 is 0. The average Bonchev–Trinajstić information content (AvgIpc) is 2.90. The fourth-order valence-electron chi connectivity index (χ4n) is 3.33. The molecule has 0 aromatic heterocycles. The highest BCUT2D eigenvalue weighted by Gasteiger charge is 2.28. The van der Waals surface area contributed by atoms with Gasteiger partial charge in [0.25, 0.3) is 0 Å². The number of carbonyl (C=O) groups excluding carboxylic acids is 1. The minimum Gasteiger partial charge on any atom is -0.469 e. The Morgan fingerprint density at radius 3 is 2.95 bits per heavy atom. The minimum atomic E-state index is -0.165. The summed E-state index contributed by atoms with van der Waals surface area (Å²) in [7, 11) is 1.43. The Balaban J connectivity index is 2.15. The van der Waals surface area contributed by atoms with E-state index in [9.17, 15) is 9.90 Å². The quantitative estimate of drug-likeness (QED) is 0.872. The van der Waals surface area contributed by atoms with Crippen molar-refractivity contribution in [1.29, 1.82) is 0 Å². The van der Waals surface area contributed by atoms with E-state index in [0.29, 0.717) is 6.42 Å². The zero-order chi connectivity index (χ0) is 14.1. The molecule has 0 amide bonds. The topological polar surface area (TPSA) is 46.5 Å². The van der Waals surface area contributed by atoms with Crippen molar-refractivity contribution >= 4 is 16.7 Å². The predicted molar refractivity (Wildman–Crippen MR) is 77.6 cm³/mol. The molecule has 0 spiro atoms. The van der Waals surface area contributed by atoms with Crippen LogP contribution in [0.25, 0.3) is 10.8 Å². The van der Waals surface area contributed by atoms with E-state index in [1.54, 1.807) is 0 Å². The third-order valence-corrected chi connectivity index (χ3v) is 4.26. The highest BCUT2D eigenvalue weighted by atomic mass is 16.5. The fourth-order valence-corrected chi connectivity index (χ4v) is 3.33. The molecule has 0 saturated carbocycles. The predicted octanol–water partition coefficient (Wildman–Crippen LogP) is 2.93. The van der Waals surface area contributed by atoms with E-state index in [1.807, 2.05) is 12.1 Å². The molecule has 1 unspecified atom stereocenters. The van der Waals surface area contributed by atoms with Crippen LogP contribution in [0.2, 0.25) is 0 Å². The van der Waals surface area contributed by atoms with Crippen molar-refractivity contribution in [2.75, 3.05) is 7.11 Å². The van der Waals surface area contributed by atoms with Gasteiger partial charge in [0, 0.05) is 0 Å². The first-order valence-electron chi connectivity index (χ1n) is 6.95. The molecule has 0 fully saturated rings. The Bertz CT molecular complexity index is 661. The van der Waals surface area contributed by atoms with Crippen molar-refractivity contribution in [3.8, 4) is 0 Å². The van der Waals surface area contributed by atoms with Gasteiger partial charge in [0.2, 0.25) is 0 Å². The first kappa shape index (κ1) is 13.1. The molecule has 1 atom stereocenters. The van der Waals surface area contributed by atoms with Crippen molar-refractivity contribution < 1.29 is 14.6 Å². The van der Waals surface area contributed by atoms with E-state index in [2.05, 4.69) is 18.2 Å². The van der Waals surface area contributed by atoms with Crippen LogP contribution in [-0.2, 0) is 22.6 Å². The highest BCUT2D eigenvalue weighted by molar-refractivity contribution is 5.89. The molecular weight excluding hydrogens is 252 g/mol. The number of hydrogen-bond acceptors (Lipinski definition) is 3. The average molecular weight is 270 g/mol. The monoisotopic (exact) mass is 270 g/mol. The zero-order valence-electron chi connectivity index (χ0n) is 11.6.